The van der Waals surface area contributed by atoms with Crippen molar-refractivity contribution in [1.82, 2.24) is 15.3 Å². The number of aldehydes is 1. The number of nitrogens with zero attached hydrogens (tertiary/aromatic N) is 2. The van der Waals surface area contributed by atoms with Crippen LogP contribution in [0.5, 0.6) is 0 Å². The second-order valence-corrected chi connectivity index (χ2v) is 6.94. The zero-order valence-electron chi connectivity index (χ0n) is 16.7. The molecule has 5 heteroatoms. The molecule has 0 saturated carbocycles. The fraction of sp³-hybridized carbons (Fsp3) is 0.0769. The third kappa shape index (κ3) is 5.01. The highest BCUT2D eigenvalue weighted by atomic mass is 16.2. The third-order valence-electron chi connectivity index (χ3n) is 4.72. The highest BCUT2D eigenvalue weighted by Gasteiger charge is 2.17. The summed E-state index contributed by atoms with van der Waals surface area (Å²) in [6, 6.07) is 23.4. The van der Waals surface area contributed by atoms with E-state index < -0.39 is 6.04 Å². The molecular weight excluding hydrogens is 386 g/mol. The predicted molar refractivity (Wildman–Crippen MR) is 119 cm³/mol. The zero-order valence-corrected chi connectivity index (χ0v) is 16.7. The van der Waals surface area contributed by atoms with Crippen LogP contribution in [0.3, 0.4) is 0 Å². The first kappa shape index (κ1) is 20.0. The molecule has 2 aromatic heterocycles. The average molecular weight is 405 g/mol. The molecule has 5 nitrogen and oxygen atoms in total. The van der Waals surface area contributed by atoms with E-state index in [4.69, 9.17) is 0 Å². The first-order valence-corrected chi connectivity index (χ1v) is 9.86. The summed E-state index contributed by atoms with van der Waals surface area (Å²) in [4.78, 5) is 33.4. The van der Waals surface area contributed by atoms with E-state index in [1.54, 1.807) is 18.3 Å². The topological polar surface area (TPSA) is 72.0 Å². The molecule has 1 N–H and O–H groups in total. The van der Waals surface area contributed by atoms with E-state index in [9.17, 15) is 9.59 Å². The van der Waals surface area contributed by atoms with Gasteiger partial charge in [0, 0.05) is 11.6 Å². The van der Waals surface area contributed by atoms with Gasteiger partial charge in [0.05, 0.1) is 17.1 Å². The van der Waals surface area contributed by atoms with E-state index >= 15 is 0 Å². The number of hydrogen-bond acceptors (Lipinski definition) is 4. The molecule has 0 bridgehead atoms. The van der Waals surface area contributed by atoms with Gasteiger partial charge in [-0.05, 0) is 48.1 Å². The molecule has 0 aliphatic rings. The molecule has 4 aromatic rings. The molecule has 0 aliphatic carbocycles. The van der Waals surface area contributed by atoms with Crippen molar-refractivity contribution >= 4 is 23.1 Å². The van der Waals surface area contributed by atoms with Gasteiger partial charge in [0.25, 0.3) is 5.91 Å². The number of fused-ring (bicyclic) bond motifs is 1. The molecule has 2 aromatic carbocycles. The summed E-state index contributed by atoms with van der Waals surface area (Å²) in [6.45, 7) is 0. The Labute approximate surface area is 180 Å². The van der Waals surface area contributed by atoms with Gasteiger partial charge in [-0.2, -0.15) is 0 Å². The number of benzene rings is 2. The van der Waals surface area contributed by atoms with Crippen LogP contribution in [-0.2, 0) is 11.2 Å². The van der Waals surface area contributed by atoms with Crippen molar-refractivity contribution in [1.29, 1.82) is 0 Å². The monoisotopic (exact) mass is 405 g/mol. The summed E-state index contributed by atoms with van der Waals surface area (Å²) in [5.74, 6) is 5.61. The molecule has 0 aliphatic heterocycles. The van der Waals surface area contributed by atoms with Crippen LogP contribution in [0.1, 0.15) is 27.3 Å². The summed E-state index contributed by atoms with van der Waals surface area (Å²) >= 11 is 0. The standard InChI is InChI=1S/C26H19N3O2/c30-18-22(16-19-8-2-1-3-9-19)29-26(31)24-17-21(14-13-20-10-6-7-15-27-20)28-25-12-5-4-11-23(24)25/h1-12,15,17-18,22H,16H2,(H,29,31). The molecule has 0 radical (unpaired) electrons. The van der Waals surface area contributed by atoms with E-state index in [-0.39, 0.29) is 5.91 Å². The van der Waals surface area contributed by atoms with Gasteiger partial charge in [-0.25, -0.2) is 9.97 Å². The van der Waals surface area contributed by atoms with Gasteiger partial charge in [0.15, 0.2) is 0 Å². The van der Waals surface area contributed by atoms with Crippen molar-refractivity contribution in [3.05, 3.63) is 108 Å². The molecule has 0 saturated heterocycles. The van der Waals surface area contributed by atoms with Crippen molar-refractivity contribution in [2.45, 2.75) is 12.5 Å². The maximum absolute atomic E-state index is 13.1. The number of carbonyl (C=O) groups excluding carboxylic acids is 2. The minimum Gasteiger partial charge on any atom is -0.342 e. The lowest BCUT2D eigenvalue weighted by Gasteiger charge is -2.14. The summed E-state index contributed by atoms with van der Waals surface area (Å²) in [5, 5.41) is 3.53. The van der Waals surface area contributed by atoms with Gasteiger partial charge in [0.1, 0.15) is 17.7 Å². The van der Waals surface area contributed by atoms with Crippen LogP contribution in [0, 0.1) is 11.8 Å². The van der Waals surface area contributed by atoms with Crippen molar-refractivity contribution in [2.24, 2.45) is 0 Å². The second-order valence-electron chi connectivity index (χ2n) is 6.94. The highest BCUT2D eigenvalue weighted by Crippen LogP contribution is 2.18. The largest absolute Gasteiger partial charge is 0.342 e. The maximum atomic E-state index is 13.1. The van der Waals surface area contributed by atoms with Crippen LogP contribution in [0.15, 0.2) is 85.1 Å². The lowest BCUT2D eigenvalue weighted by atomic mass is 10.0. The number of pyridine rings is 2. The molecule has 31 heavy (non-hydrogen) atoms. The van der Waals surface area contributed by atoms with Crippen LogP contribution in [0.2, 0.25) is 0 Å². The van der Waals surface area contributed by atoms with Gasteiger partial charge < -0.3 is 10.1 Å². The van der Waals surface area contributed by atoms with Crippen LogP contribution in [0.25, 0.3) is 10.9 Å². The van der Waals surface area contributed by atoms with Crippen LogP contribution in [-0.4, -0.2) is 28.2 Å². The van der Waals surface area contributed by atoms with E-state index in [0.29, 0.717) is 34.3 Å². The normalized spacial score (nSPS) is 11.2. The SMILES string of the molecule is O=CC(Cc1ccccc1)NC(=O)c1cc(C#Cc2ccccn2)nc2ccccc12. The number of amides is 1. The summed E-state index contributed by atoms with van der Waals surface area (Å²) in [5.41, 5.74) is 3.14. The van der Waals surface area contributed by atoms with E-state index in [0.717, 1.165) is 11.8 Å². The summed E-state index contributed by atoms with van der Waals surface area (Å²) < 4.78 is 0. The highest BCUT2D eigenvalue weighted by molar-refractivity contribution is 6.07. The predicted octanol–water partition coefficient (Wildman–Crippen LogP) is 3.57. The second kappa shape index (κ2) is 9.47. The number of aromatic nitrogens is 2. The zero-order chi connectivity index (χ0) is 21.5. The van der Waals surface area contributed by atoms with Gasteiger partial charge in [-0.1, -0.05) is 54.6 Å². The van der Waals surface area contributed by atoms with Gasteiger partial charge in [-0.3, -0.25) is 4.79 Å². The minimum absolute atomic E-state index is 0.340. The molecule has 4 rings (SSSR count). The van der Waals surface area contributed by atoms with E-state index in [1.165, 1.54) is 0 Å². The molecule has 2 heterocycles. The van der Waals surface area contributed by atoms with Gasteiger partial charge in [-0.15, -0.1) is 0 Å². The third-order valence-corrected chi connectivity index (χ3v) is 4.72. The fourth-order valence-corrected chi connectivity index (χ4v) is 3.24. The molecule has 150 valence electrons. The van der Waals surface area contributed by atoms with Crippen LogP contribution in [0.4, 0.5) is 0 Å². The molecular formula is C26H19N3O2. The molecule has 0 fully saturated rings. The summed E-state index contributed by atoms with van der Waals surface area (Å²) in [6.07, 6.45) is 2.85. The van der Waals surface area contributed by atoms with Crippen molar-refractivity contribution < 1.29 is 9.59 Å². The quantitative estimate of drug-likeness (QED) is 0.407. The lowest BCUT2D eigenvalue weighted by molar-refractivity contribution is -0.109. The number of hydrogen-bond donors (Lipinski definition) is 1. The fourth-order valence-electron chi connectivity index (χ4n) is 3.24. The Hall–Kier alpha value is -4.30. The lowest BCUT2D eigenvalue weighted by Crippen LogP contribution is -2.37. The van der Waals surface area contributed by atoms with Crippen molar-refractivity contribution in [3.8, 4) is 11.8 Å². The number of nitrogens with one attached hydrogen (secondary N) is 1. The molecule has 1 atom stereocenters. The van der Waals surface area contributed by atoms with Gasteiger partial charge in [0.2, 0.25) is 0 Å². The number of rotatable bonds is 5. The Balaban J connectivity index is 1.64. The minimum atomic E-state index is -0.634. The molecule has 1 amide bonds. The Morgan fingerprint density at radius 2 is 1.68 bits per heavy atom. The maximum Gasteiger partial charge on any atom is 0.252 e. The summed E-state index contributed by atoms with van der Waals surface area (Å²) in [7, 11) is 0. The Bertz CT molecular complexity index is 1280. The number of para-hydroxylation sites is 1. The van der Waals surface area contributed by atoms with Crippen LogP contribution >= 0.6 is 0 Å². The first-order chi connectivity index (χ1) is 15.2. The van der Waals surface area contributed by atoms with E-state index in [1.807, 2.05) is 66.7 Å². The van der Waals surface area contributed by atoms with Gasteiger partial charge >= 0.3 is 0 Å². The Morgan fingerprint density at radius 1 is 0.935 bits per heavy atom. The molecule has 0 spiro atoms. The number of carbonyl (C=O) groups is 2. The first-order valence-electron chi connectivity index (χ1n) is 9.86. The van der Waals surface area contributed by atoms with Crippen molar-refractivity contribution in [2.75, 3.05) is 0 Å². The average Bonchev–Trinajstić information content (AvgIpc) is 2.83. The Morgan fingerprint density at radius 3 is 2.45 bits per heavy atom. The molecule has 1 unspecified atom stereocenters. The van der Waals surface area contributed by atoms with E-state index in [2.05, 4.69) is 27.1 Å². The smallest absolute Gasteiger partial charge is 0.252 e. The van der Waals surface area contributed by atoms with Crippen LogP contribution < -0.4 is 5.32 Å². The Kier molecular flexibility index (Phi) is 6.10. The van der Waals surface area contributed by atoms with Crippen molar-refractivity contribution in [3.63, 3.8) is 0 Å².